The Morgan fingerprint density at radius 1 is 1.44 bits per heavy atom. The highest BCUT2D eigenvalue weighted by Gasteiger charge is 2.15. The molecule has 1 aromatic rings. The zero-order valence-corrected chi connectivity index (χ0v) is 9.30. The molecule has 0 aromatic heterocycles. The quantitative estimate of drug-likeness (QED) is 0.575. The fourth-order valence-corrected chi connectivity index (χ4v) is 1.56. The van der Waals surface area contributed by atoms with E-state index in [0.717, 1.165) is 18.8 Å². The minimum Gasteiger partial charge on any atom is -0.372 e. The highest BCUT2D eigenvalue weighted by Crippen LogP contribution is 2.24. The number of anilines is 1. The van der Waals surface area contributed by atoms with Crippen molar-refractivity contribution in [2.45, 2.75) is 13.8 Å². The maximum Gasteiger partial charge on any atom is 0.287 e. The summed E-state index contributed by atoms with van der Waals surface area (Å²) in [6.07, 6.45) is 0. The van der Waals surface area contributed by atoms with Crippen molar-refractivity contribution in [3.63, 3.8) is 0 Å². The summed E-state index contributed by atoms with van der Waals surface area (Å²) in [6.45, 7) is 5.60. The molecular weight excluding hydrogens is 206 g/mol. The summed E-state index contributed by atoms with van der Waals surface area (Å²) in [5, 5.41) is 19.5. The number of hydrogen-bond donors (Lipinski definition) is 0. The van der Waals surface area contributed by atoms with Crippen molar-refractivity contribution in [2.75, 3.05) is 18.0 Å². The molecule has 0 N–H and O–H groups in total. The highest BCUT2D eigenvalue weighted by molar-refractivity contribution is 5.59. The number of nitrogens with zero attached hydrogens (tertiary/aromatic N) is 3. The third-order valence-corrected chi connectivity index (χ3v) is 2.43. The van der Waals surface area contributed by atoms with Gasteiger partial charge in [-0.2, -0.15) is 5.26 Å². The molecule has 0 spiro atoms. The minimum absolute atomic E-state index is 0.106. The summed E-state index contributed by atoms with van der Waals surface area (Å²) in [4.78, 5) is 12.1. The lowest BCUT2D eigenvalue weighted by atomic mass is 10.1. The van der Waals surface area contributed by atoms with Gasteiger partial charge >= 0.3 is 0 Å². The highest BCUT2D eigenvalue weighted by atomic mass is 16.6. The first kappa shape index (κ1) is 12.0. The van der Waals surface area contributed by atoms with Crippen LogP contribution in [0.3, 0.4) is 0 Å². The first-order valence-electron chi connectivity index (χ1n) is 5.07. The van der Waals surface area contributed by atoms with Crippen molar-refractivity contribution in [3.8, 4) is 6.07 Å². The van der Waals surface area contributed by atoms with Crippen LogP contribution in [0.25, 0.3) is 0 Å². The van der Waals surface area contributed by atoms with E-state index in [0.29, 0.717) is 0 Å². The predicted octanol–water partition coefficient (Wildman–Crippen LogP) is 2.31. The third-order valence-electron chi connectivity index (χ3n) is 2.43. The molecule has 5 nitrogen and oxygen atoms in total. The number of nitro benzene ring substituents is 1. The van der Waals surface area contributed by atoms with Gasteiger partial charge in [0.2, 0.25) is 0 Å². The molecule has 0 amide bonds. The second kappa shape index (κ2) is 5.12. The van der Waals surface area contributed by atoms with Gasteiger partial charge < -0.3 is 4.90 Å². The van der Waals surface area contributed by atoms with Gasteiger partial charge in [0.05, 0.1) is 4.92 Å². The first-order valence-corrected chi connectivity index (χ1v) is 5.07. The van der Waals surface area contributed by atoms with Crippen molar-refractivity contribution in [3.05, 3.63) is 33.9 Å². The molecule has 1 rings (SSSR count). The van der Waals surface area contributed by atoms with Crippen LogP contribution in [0.5, 0.6) is 0 Å². The zero-order valence-electron chi connectivity index (χ0n) is 9.30. The molecule has 0 atom stereocenters. The fourth-order valence-electron chi connectivity index (χ4n) is 1.56. The Labute approximate surface area is 94.1 Å². The van der Waals surface area contributed by atoms with Gasteiger partial charge in [0, 0.05) is 24.8 Å². The van der Waals surface area contributed by atoms with Gasteiger partial charge in [0.15, 0.2) is 0 Å². The van der Waals surface area contributed by atoms with Crippen LogP contribution in [0, 0.1) is 21.4 Å². The van der Waals surface area contributed by atoms with E-state index in [1.54, 1.807) is 12.1 Å². The second-order valence-corrected chi connectivity index (χ2v) is 3.24. The smallest absolute Gasteiger partial charge is 0.287 e. The number of rotatable bonds is 4. The average Bonchev–Trinajstić information content (AvgIpc) is 2.30. The third kappa shape index (κ3) is 2.28. The Balaban J connectivity index is 3.19. The maximum atomic E-state index is 10.6. The molecule has 0 saturated heterocycles. The Kier molecular flexibility index (Phi) is 3.84. The Bertz CT molecular complexity index is 433. The van der Waals surface area contributed by atoms with Gasteiger partial charge in [0.25, 0.3) is 5.69 Å². The van der Waals surface area contributed by atoms with Crippen molar-refractivity contribution in [1.29, 1.82) is 5.26 Å². The molecule has 16 heavy (non-hydrogen) atoms. The summed E-state index contributed by atoms with van der Waals surface area (Å²) >= 11 is 0. The van der Waals surface area contributed by atoms with Crippen LogP contribution in [-0.4, -0.2) is 18.0 Å². The lowest BCUT2D eigenvalue weighted by Crippen LogP contribution is -2.21. The minimum atomic E-state index is -0.537. The van der Waals surface area contributed by atoms with E-state index < -0.39 is 4.92 Å². The largest absolute Gasteiger partial charge is 0.372 e. The molecule has 0 unspecified atom stereocenters. The molecular formula is C11H13N3O2. The summed E-state index contributed by atoms with van der Waals surface area (Å²) in [7, 11) is 0. The summed E-state index contributed by atoms with van der Waals surface area (Å²) in [5.41, 5.74) is 0.806. The van der Waals surface area contributed by atoms with Crippen molar-refractivity contribution in [1.82, 2.24) is 0 Å². The average molecular weight is 219 g/mol. The summed E-state index contributed by atoms with van der Waals surface area (Å²) < 4.78 is 0. The van der Waals surface area contributed by atoms with Crippen LogP contribution in [0.1, 0.15) is 19.4 Å². The van der Waals surface area contributed by atoms with Gasteiger partial charge in [-0.1, -0.05) is 0 Å². The molecule has 84 valence electrons. The van der Waals surface area contributed by atoms with E-state index in [9.17, 15) is 10.1 Å². The van der Waals surface area contributed by atoms with E-state index in [1.807, 2.05) is 24.8 Å². The zero-order chi connectivity index (χ0) is 12.1. The second-order valence-electron chi connectivity index (χ2n) is 3.24. The van der Waals surface area contributed by atoms with E-state index in [-0.39, 0.29) is 11.3 Å². The van der Waals surface area contributed by atoms with Gasteiger partial charge in [0.1, 0.15) is 11.6 Å². The standard InChI is InChI=1S/C11H13N3O2/c1-3-13(4-2)10-5-6-11(14(15)16)9(7-10)8-12/h5-7H,3-4H2,1-2H3. The molecule has 1 aromatic carbocycles. The molecule has 0 aliphatic carbocycles. The summed E-state index contributed by atoms with van der Waals surface area (Å²) in [5.74, 6) is 0. The number of nitro groups is 1. The molecule has 5 heteroatoms. The Morgan fingerprint density at radius 2 is 2.06 bits per heavy atom. The van der Waals surface area contributed by atoms with Crippen LogP contribution >= 0.6 is 0 Å². The predicted molar refractivity (Wildman–Crippen MR) is 61.4 cm³/mol. The molecule has 0 aliphatic rings. The van der Waals surface area contributed by atoms with Crippen LogP contribution in [0.2, 0.25) is 0 Å². The van der Waals surface area contributed by atoms with Crippen LogP contribution in [0.4, 0.5) is 11.4 Å². The monoisotopic (exact) mass is 219 g/mol. The summed E-state index contributed by atoms with van der Waals surface area (Å²) in [6, 6.07) is 6.47. The van der Waals surface area contributed by atoms with Gasteiger partial charge in [-0.15, -0.1) is 0 Å². The van der Waals surface area contributed by atoms with E-state index in [4.69, 9.17) is 5.26 Å². The van der Waals surface area contributed by atoms with Gasteiger partial charge in [-0.05, 0) is 26.0 Å². The number of nitriles is 1. The Hall–Kier alpha value is -2.09. The van der Waals surface area contributed by atoms with Crippen molar-refractivity contribution < 1.29 is 4.92 Å². The van der Waals surface area contributed by atoms with Gasteiger partial charge in [-0.25, -0.2) is 0 Å². The van der Waals surface area contributed by atoms with Crippen molar-refractivity contribution in [2.24, 2.45) is 0 Å². The SMILES string of the molecule is CCN(CC)c1ccc([N+](=O)[O-])c(C#N)c1. The van der Waals surface area contributed by atoms with Crippen LogP contribution in [0.15, 0.2) is 18.2 Å². The van der Waals surface area contributed by atoms with E-state index >= 15 is 0 Å². The van der Waals surface area contributed by atoms with Crippen LogP contribution < -0.4 is 4.90 Å². The van der Waals surface area contributed by atoms with Gasteiger partial charge in [-0.3, -0.25) is 10.1 Å². The lowest BCUT2D eigenvalue weighted by Gasteiger charge is -2.20. The molecule has 0 heterocycles. The lowest BCUT2D eigenvalue weighted by molar-refractivity contribution is -0.385. The topological polar surface area (TPSA) is 70.2 Å². The maximum absolute atomic E-state index is 10.6. The first-order chi connectivity index (χ1) is 7.63. The Morgan fingerprint density at radius 3 is 2.50 bits per heavy atom. The molecule has 0 aliphatic heterocycles. The molecule has 0 bridgehead atoms. The molecule has 0 radical (unpaired) electrons. The van der Waals surface area contributed by atoms with Crippen molar-refractivity contribution >= 4 is 11.4 Å². The number of benzene rings is 1. The fraction of sp³-hybridized carbons (Fsp3) is 0.364. The van der Waals surface area contributed by atoms with E-state index in [2.05, 4.69) is 0 Å². The molecule has 0 fully saturated rings. The van der Waals surface area contributed by atoms with E-state index in [1.165, 1.54) is 6.07 Å². The number of hydrogen-bond acceptors (Lipinski definition) is 4. The van der Waals surface area contributed by atoms with Crippen LogP contribution in [-0.2, 0) is 0 Å². The normalized spacial score (nSPS) is 9.56. The molecule has 0 saturated carbocycles.